The second kappa shape index (κ2) is 5.45. The van der Waals surface area contributed by atoms with E-state index in [0.29, 0.717) is 31.9 Å². The SMILES string of the molecule is NN=Cc1ccc(C(=O)N2CCOCC2)cc1. The predicted octanol–water partition coefficient (Wildman–Crippen LogP) is 0.452. The van der Waals surface area contributed by atoms with Crippen molar-refractivity contribution < 1.29 is 9.53 Å². The maximum Gasteiger partial charge on any atom is 0.254 e. The number of hydrazone groups is 1. The Morgan fingerprint density at radius 2 is 1.94 bits per heavy atom. The molecule has 1 fully saturated rings. The summed E-state index contributed by atoms with van der Waals surface area (Å²) in [5.41, 5.74) is 1.56. The second-order valence-corrected chi connectivity index (χ2v) is 3.80. The standard InChI is InChI=1S/C12H15N3O2/c13-14-9-10-1-3-11(4-2-10)12(16)15-5-7-17-8-6-15/h1-4,9H,5-8,13H2. The number of nitrogens with zero attached hydrogens (tertiary/aromatic N) is 2. The van der Waals surface area contributed by atoms with E-state index in [1.54, 1.807) is 23.2 Å². The first-order chi connectivity index (χ1) is 8.31. The molecule has 0 unspecified atom stereocenters. The fourth-order valence-corrected chi connectivity index (χ4v) is 1.75. The van der Waals surface area contributed by atoms with Gasteiger partial charge in [0.1, 0.15) is 0 Å². The summed E-state index contributed by atoms with van der Waals surface area (Å²) in [6, 6.07) is 7.22. The topological polar surface area (TPSA) is 67.9 Å². The molecule has 0 spiro atoms. The summed E-state index contributed by atoms with van der Waals surface area (Å²) in [7, 11) is 0. The molecular formula is C12H15N3O2. The van der Waals surface area contributed by atoms with Crippen LogP contribution in [-0.2, 0) is 4.74 Å². The van der Waals surface area contributed by atoms with Crippen LogP contribution in [0.3, 0.4) is 0 Å². The van der Waals surface area contributed by atoms with Crippen LogP contribution in [0.5, 0.6) is 0 Å². The van der Waals surface area contributed by atoms with Crippen LogP contribution in [0.15, 0.2) is 29.4 Å². The van der Waals surface area contributed by atoms with Crippen molar-refractivity contribution in [3.63, 3.8) is 0 Å². The average molecular weight is 233 g/mol. The number of hydrogen-bond acceptors (Lipinski definition) is 4. The van der Waals surface area contributed by atoms with Crippen LogP contribution in [0.25, 0.3) is 0 Å². The van der Waals surface area contributed by atoms with Gasteiger partial charge in [-0.1, -0.05) is 12.1 Å². The molecule has 0 aliphatic carbocycles. The minimum atomic E-state index is 0.0459. The number of amides is 1. The summed E-state index contributed by atoms with van der Waals surface area (Å²) < 4.78 is 5.21. The van der Waals surface area contributed by atoms with Crippen LogP contribution in [0.2, 0.25) is 0 Å². The molecule has 90 valence electrons. The molecule has 5 heteroatoms. The lowest BCUT2D eigenvalue weighted by Gasteiger charge is -2.26. The van der Waals surface area contributed by atoms with E-state index in [1.165, 1.54) is 0 Å². The first-order valence-electron chi connectivity index (χ1n) is 5.51. The number of ether oxygens (including phenoxy) is 1. The normalized spacial score (nSPS) is 16.4. The molecule has 1 saturated heterocycles. The molecule has 1 aromatic carbocycles. The number of hydrogen-bond donors (Lipinski definition) is 1. The Kier molecular flexibility index (Phi) is 3.72. The molecule has 1 aliphatic heterocycles. The third kappa shape index (κ3) is 2.82. The van der Waals surface area contributed by atoms with Crippen molar-refractivity contribution in [2.75, 3.05) is 26.3 Å². The van der Waals surface area contributed by atoms with Crippen LogP contribution in [0, 0.1) is 0 Å². The van der Waals surface area contributed by atoms with Crippen LogP contribution >= 0.6 is 0 Å². The minimum absolute atomic E-state index is 0.0459. The second-order valence-electron chi connectivity index (χ2n) is 3.80. The number of carbonyl (C=O) groups excluding carboxylic acids is 1. The van der Waals surface area contributed by atoms with Gasteiger partial charge in [0.25, 0.3) is 5.91 Å². The van der Waals surface area contributed by atoms with Crippen LogP contribution in [0.1, 0.15) is 15.9 Å². The summed E-state index contributed by atoms with van der Waals surface area (Å²) in [6.45, 7) is 2.54. The fraction of sp³-hybridized carbons (Fsp3) is 0.333. The molecule has 0 bridgehead atoms. The molecular weight excluding hydrogens is 218 g/mol. The number of nitrogens with two attached hydrogens (primary N) is 1. The third-order valence-corrected chi connectivity index (χ3v) is 2.68. The zero-order valence-electron chi connectivity index (χ0n) is 9.50. The predicted molar refractivity (Wildman–Crippen MR) is 64.9 cm³/mol. The van der Waals surface area contributed by atoms with Gasteiger partial charge in [0.05, 0.1) is 19.4 Å². The number of rotatable bonds is 2. The molecule has 2 rings (SSSR count). The fourth-order valence-electron chi connectivity index (χ4n) is 1.75. The highest BCUT2D eigenvalue weighted by Gasteiger charge is 2.17. The van der Waals surface area contributed by atoms with E-state index < -0.39 is 0 Å². The number of carbonyl (C=O) groups is 1. The Hall–Kier alpha value is -1.88. The van der Waals surface area contributed by atoms with Gasteiger partial charge in [-0.15, -0.1) is 0 Å². The van der Waals surface area contributed by atoms with Crippen molar-refractivity contribution in [2.45, 2.75) is 0 Å². The molecule has 1 amide bonds. The Labute approximate surface area is 99.9 Å². The smallest absolute Gasteiger partial charge is 0.254 e. The lowest BCUT2D eigenvalue weighted by molar-refractivity contribution is 0.0303. The quantitative estimate of drug-likeness (QED) is 0.458. The third-order valence-electron chi connectivity index (χ3n) is 2.68. The Morgan fingerprint density at radius 1 is 1.29 bits per heavy atom. The largest absolute Gasteiger partial charge is 0.378 e. The summed E-state index contributed by atoms with van der Waals surface area (Å²) >= 11 is 0. The summed E-state index contributed by atoms with van der Waals surface area (Å²) in [5, 5.41) is 3.43. The number of morpholine rings is 1. The summed E-state index contributed by atoms with van der Waals surface area (Å²) in [5.74, 6) is 5.10. The molecule has 0 radical (unpaired) electrons. The maximum atomic E-state index is 12.1. The Bertz CT molecular complexity index is 408. The van der Waals surface area contributed by atoms with E-state index in [9.17, 15) is 4.79 Å². The van der Waals surface area contributed by atoms with Gasteiger partial charge in [0.15, 0.2) is 0 Å². The average Bonchev–Trinajstić information content (AvgIpc) is 2.40. The Morgan fingerprint density at radius 3 is 2.53 bits per heavy atom. The number of benzene rings is 1. The summed E-state index contributed by atoms with van der Waals surface area (Å²) in [6.07, 6.45) is 1.54. The van der Waals surface area contributed by atoms with Crippen LogP contribution in [-0.4, -0.2) is 43.3 Å². The minimum Gasteiger partial charge on any atom is -0.378 e. The van der Waals surface area contributed by atoms with Crippen LogP contribution in [0.4, 0.5) is 0 Å². The highest BCUT2D eigenvalue weighted by atomic mass is 16.5. The molecule has 17 heavy (non-hydrogen) atoms. The first-order valence-corrected chi connectivity index (χ1v) is 5.51. The van der Waals surface area contributed by atoms with Crippen molar-refractivity contribution in [3.8, 4) is 0 Å². The molecule has 0 atom stereocenters. The molecule has 2 N–H and O–H groups in total. The van der Waals surface area contributed by atoms with Gasteiger partial charge in [0.2, 0.25) is 0 Å². The van der Waals surface area contributed by atoms with E-state index in [1.807, 2.05) is 12.1 Å². The lowest BCUT2D eigenvalue weighted by atomic mass is 10.1. The van der Waals surface area contributed by atoms with Crippen molar-refractivity contribution >= 4 is 12.1 Å². The molecule has 1 aromatic rings. The van der Waals surface area contributed by atoms with E-state index in [-0.39, 0.29) is 5.91 Å². The van der Waals surface area contributed by atoms with Crippen molar-refractivity contribution in [2.24, 2.45) is 10.9 Å². The van der Waals surface area contributed by atoms with E-state index in [0.717, 1.165) is 5.56 Å². The van der Waals surface area contributed by atoms with E-state index in [2.05, 4.69) is 5.10 Å². The highest BCUT2D eigenvalue weighted by molar-refractivity contribution is 5.95. The van der Waals surface area contributed by atoms with E-state index in [4.69, 9.17) is 10.6 Å². The zero-order valence-corrected chi connectivity index (χ0v) is 9.50. The monoisotopic (exact) mass is 233 g/mol. The van der Waals surface area contributed by atoms with Crippen LogP contribution < -0.4 is 5.84 Å². The molecule has 1 aliphatic rings. The van der Waals surface area contributed by atoms with Crippen molar-refractivity contribution in [1.29, 1.82) is 0 Å². The van der Waals surface area contributed by atoms with Gasteiger partial charge < -0.3 is 15.5 Å². The highest BCUT2D eigenvalue weighted by Crippen LogP contribution is 2.08. The first kappa shape index (κ1) is 11.6. The van der Waals surface area contributed by atoms with Crippen molar-refractivity contribution in [1.82, 2.24) is 4.90 Å². The summed E-state index contributed by atoms with van der Waals surface area (Å²) in [4.78, 5) is 13.9. The van der Waals surface area contributed by atoms with Gasteiger partial charge in [-0.3, -0.25) is 4.79 Å². The van der Waals surface area contributed by atoms with Gasteiger partial charge in [0, 0.05) is 18.7 Å². The molecule has 0 saturated carbocycles. The lowest BCUT2D eigenvalue weighted by Crippen LogP contribution is -2.40. The van der Waals surface area contributed by atoms with Gasteiger partial charge >= 0.3 is 0 Å². The van der Waals surface area contributed by atoms with Crippen molar-refractivity contribution in [3.05, 3.63) is 35.4 Å². The molecule has 5 nitrogen and oxygen atoms in total. The Balaban J connectivity index is 2.08. The van der Waals surface area contributed by atoms with Gasteiger partial charge in [-0.05, 0) is 17.7 Å². The van der Waals surface area contributed by atoms with Gasteiger partial charge in [-0.25, -0.2) is 0 Å². The molecule has 0 aromatic heterocycles. The van der Waals surface area contributed by atoms with Gasteiger partial charge in [-0.2, -0.15) is 5.10 Å². The molecule has 1 heterocycles. The van der Waals surface area contributed by atoms with E-state index >= 15 is 0 Å². The maximum absolute atomic E-state index is 12.1. The zero-order chi connectivity index (χ0) is 12.1.